The Hall–Kier alpha value is -1.20. The first-order valence-corrected chi connectivity index (χ1v) is 6.80. The third kappa shape index (κ3) is 5.42. The van der Waals surface area contributed by atoms with E-state index in [1.165, 1.54) is 0 Å². The molecule has 100 valence electrons. The van der Waals surface area contributed by atoms with E-state index in [-0.39, 0.29) is 5.97 Å². The molecule has 0 aliphatic heterocycles. The molecule has 1 atom stereocenters. The number of benzene rings is 1. The Kier molecular flexibility index (Phi) is 5.04. The Bertz CT molecular complexity index is 431. The number of aryl methyl sites for hydroxylation is 1. The van der Waals surface area contributed by atoms with E-state index in [0.717, 1.165) is 5.56 Å². The number of rotatable bonds is 4. The Morgan fingerprint density at radius 1 is 1.28 bits per heavy atom. The monoisotopic (exact) mass is 270 g/mol. The van der Waals surface area contributed by atoms with E-state index < -0.39 is 16.7 Å². The van der Waals surface area contributed by atoms with Gasteiger partial charge in [0, 0.05) is 6.42 Å². The zero-order chi connectivity index (χ0) is 13.8. The molecule has 1 N–H and O–H groups in total. The van der Waals surface area contributed by atoms with Crippen molar-refractivity contribution in [2.45, 2.75) is 44.1 Å². The lowest BCUT2D eigenvalue weighted by atomic mass is 10.1. The summed E-state index contributed by atoms with van der Waals surface area (Å²) in [6, 6.07) is 6.66. The van der Waals surface area contributed by atoms with Gasteiger partial charge in [0.25, 0.3) is 0 Å². The first-order chi connectivity index (χ1) is 8.28. The van der Waals surface area contributed by atoms with Crippen molar-refractivity contribution in [3.63, 3.8) is 0 Å². The van der Waals surface area contributed by atoms with Gasteiger partial charge in [0.2, 0.25) is 0 Å². The predicted octanol–water partition coefficient (Wildman–Crippen LogP) is 2.54. The van der Waals surface area contributed by atoms with E-state index >= 15 is 0 Å². The van der Waals surface area contributed by atoms with E-state index in [4.69, 9.17) is 9.29 Å². The van der Waals surface area contributed by atoms with Gasteiger partial charge in [-0.1, -0.05) is 12.1 Å². The van der Waals surface area contributed by atoms with Crippen LogP contribution in [0.15, 0.2) is 29.2 Å². The number of esters is 1. The van der Waals surface area contributed by atoms with Crippen molar-refractivity contribution in [3.05, 3.63) is 29.8 Å². The van der Waals surface area contributed by atoms with Gasteiger partial charge in [-0.3, -0.25) is 4.79 Å². The molecule has 0 aliphatic rings. The fourth-order valence-corrected chi connectivity index (χ4v) is 1.78. The molecule has 0 saturated heterocycles. The summed E-state index contributed by atoms with van der Waals surface area (Å²) in [7, 11) is 0. The van der Waals surface area contributed by atoms with Gasteiger partial charge in [0.15, 0.2) is 11.1 Å². The third-order valence-corrected chi connectivity index (χ3v) is 2.84. The Balaban J connectivity index is 2.49. The number of hydrogen-bond acceptors (Lipinski definition) is 3. The summed E-state index contributed by atoms with van der Waals surface area (Å²) in [6.07, 6.45) is 0.867. The van der Waals surface area contributed by atoms with E-state index in [9.17, 15) is 9.00 Å². The van der Waals surface area contributed by atoms with Crippen LogP contribution in [0.2, 0.25) is 0 Å². The maximum absolute atomic E-state index is 11.5. The van der Waals surface area contributed by atoms with Crippen molar-refractivity contribution < 1.29 is 18.3 Å². The van der Waals surface area contributed by atoms with Crippen molar-refractivity contribution in [3.8, 4) is 0 Å². The van der Waals surface area contributed by atoms with Crippen LogP contribution in [0, 0.1) is 0 Å². The standard InChI is InChI=1S/C13H18O4S/c1-13(2,3)17-12(14)9-6-10-4-7-11(8-5-10)18(15)16/h4-5,7-8H,6,9H2,1-3H3,(H,15,16). The quantitative estimate of drug-likeness (QED) is 0.674. The molecule has 18 heavy (non-hydrogen) atoms. The summed E-state index contributed by atoms with van der Waals surface area (Å²) in [5.41, 5.74) is 0.476. The number of carbonyl (C=O) groups is 1. The average molecular weight is 270 g/mol. The zero-order valence-corrected chi connectivity index (χ0v) is 11.6. The highest BCUT2D eigenvalue weighted by molar-refractivity contribution is 7.79. The second-order valence-electron chi connectivity index (χ2n) is 4.98. The predicted molar refractivity (Wildman–Crippen MR) is 69.6 cm³/mol. The molecule has 5 heteroatoms. The van der Waals surface area contributed by atoms with Gasteiger partial charge in [-0.25, -0.2) is 4.21 Å². The molecule has 1 aromatic carbocycles. The van der Waals surface area contributed by atoms with Gasteiger partial charge in [0.1, 0.15) is 5.60 Å². The van der Waals surface area contributed by atoms with Crippen LogP contribution in [-0.4, -0.2) is 20.3 Å². The molecule has 0 saturated carbocycles. The van der Waals surface area contributed by atoms with Crippen LogP contribution >= 0.6 is 0 Å². The van der Waals surface area contributed by atoms with Crippen LogP contribution in [-0.2, 0) is 27.0 Å². The van der Waals surface area contributed by atoms with Crippen LogP contribution in [0.3, 0.4) is 0 Å². The first kappa shape index (κ1) is 14.9. The van der Waals surface area contributed by atoms with Crippen molar-refractivity contribution in [2.75, 3.05) is 0 Å². The van der Waals surface area contributed by atoms with Crippen molar-refractivity contribution >= 4 is 17.0 Å². The lowest BCUT2D eigenvalue weighted by molar-refractivity contribution is -0.154. The van der Waals surface area contributed by atoms with Gasteiger partial charge in [0.05, 0.1) is 4.90 Å². The molecule has 0 radical (unpaired) electrons. The number of carbonyl (C=O) groups excluding carboxylic acids is 1. The number of hydrogen-bond donors (Lipinski definition) is 1. The smallest absolute Gasteiger partial charge is 0.306 e. The molecule has 0 aliphatic carbocycles. The number of ether oxygens (including phenoxy) is 1. The fraction of sp³-hybridized carbons (Fsp3) is 0.462. The van der Waals surface area contributed by atoms with Crippen molar-refractivity contribution in [1.29, 1.82) is 0 Å². The van der Waals surface area contributed by atoms with Crippen molar-refractivity contribution in [2.24, 2.45) is 0 Å². The maximum Gasteiger partial charge on any atom is 0.306 e. The summed E-state index contributed by atoms with van der Waals surface area (Å²) >= 11 is -1.95. The van der Waals surface area contributed by atoms with Gasteiger partial charge in [-0.15, -0.1) is 0 Å². The summed E-state index contributed by atoms with van der Waals surface area (Å²) in [4.78, 5) is 11.9. The van der Waals surface area contributed by atoms with Crippen LogP contribution < -0.4 is 0 Å². The Morgan fingerprint density at radius 3 is 2.28 bits per heavy atom. The van der Waals surface area contributed by atoms with E-state index in [1.54, 1.807) is 24.3 Å². The Morgan fingerprint density at radius 2 is 1.83 bits per heavy atom. The molecule has 0 amide bonds. The van der Waals surface area contributed by atoms with Gasteiger partial charge >= 0.3 is 5.97 Å². The lowest BCUT2D eigenvalue weighted by Gasteiger charge is -2.19. The minimum absolute atomic E-state index is 0.239. The summed E-state index contributed by atoms with van der Waals surface area (Å²) in [5, 5.41) is 0. The minimum atomic E-state index is -1.95. The molecule has 1 unspecified atom stereocenters. The maximum atomic E-state index is 11.5. The second kappa shape index (κ2) is 6.11. The molecule has 1 aromatic rings. The van der Waals surface area contributed by atoms with Gasteiger partial charge in [-0.05, 0) is 44.9 Å². The zero-order valence-electron chi connectivity index (χ0n) is 10.8. The summed E-state index contributed by atoms with van der Waals surface area (Å²) < 4.78 is 24.8. The van der Waals surface area contributed by atoms with Gasteiger partial charge in [-0.2, -0.15) is 0 Å². The lowest BCUT2D eigenvalue weighted by Crippen LogP contribution is -2.23. The summed E-state index contributed by atoms with van der Waals surface area (Å²) in [6.45, 7) is 5.49. The van der Waals surface area contributed by atoms with E-state index in [2.05, 4.69) is 0 Å². The van der Waals surface area contributed by atoms with Crippen LogP contribution in [0.5, 0.6) is 0 Å². The normalized spacial score (nSPS) is 13.1. The highest BCUT2D eigenvalue weighted by atomic mass is 32.2. The van der Waals surface area contributed by atoms with Crippen LogP contribution in [0.25, 0.3) is 0 Å². The molecule has 0 spiro atoms. The van der Waals surface area contributed by atoms with E-state index in [1.807, 2.05) is 20.8 Å². The molecule has 0 bridgehead atoms. The van der Waals surface area contributed by atoms with Crippen LogP contribution in [0.4, 0.5) is 0 Å². The second-order valence-corrected chi connectivity index (χ2v) is 5.95. The Labute approximate surface area is 110 Å². The molecule has 0 heterocycles. The largest absolute Gasteiger partial charge is 0.460 e. The highest BCUT2D eigenvalue weighted by Gasteiger charge is 2.15. The topological polar surface area (TPSA) is 63.6 Å². The highest BCUT2D eigenvalue weighted by Crippen LogP contribution is 2.12. The third-order valence-electron chi connectivity index (χ3n) is 2.16. The molecular formula is C13H18O4S. The van der Waals surface area contributed by atoms with Crippen LogP contribution in [0.1, 0.15) is 32.8 Å². The average Bonchev–Trinajstić information content (AvgIpc) is 2.24. The molecule has 0 fully saturated rings. The van der Waals surface area contributed by atoms with Crippen molar-refractivity contribution in [1.82, 2.24) is 0 Å². The molecular weight excluding hydrogens is 252 g/mol. The molecule has 4 nitrogen and oxygen atoms in total. The fourth-order valence-electron chi connectivity index (χ4n) is 1.41. The summed E-state index contributed by atoms with van der Waals surface area (Å²) in [5.74, 6) is -0.239. The molecule has 0 aromatic heterocycles. The molecule has 1 rings (SSSR count). The minimum Gasteiger partial charge on any atom is -0.460 e. The SMILES string of the molecule is CC(C)(C)OC(=O)CCc1ccc(S(=O)O)cc1. The first-order valence-electron chi connectivity index (χ1n) is 5.69. The van der Waals surface area contributed by atoms with Gasteiger partial charge < -0.3 is 9.29 Å². The van der Waals surface area contributed by atoms with E-state index in [0.29, 0.717) is 17.7 Å².